The van der Waals surface area contributed by atoms with E-state index in [1.54, 1.807) is 43.5 Å². The second kappa shape index (κ2) is 11.6. The molecule has 0 saturated carbocycles. The molecule has 0 aliphatic carbocycles. The average Bonchev–Trinajstić information content (AvgIpc) is 3.14. The Morgan fingerprint density at radius 1 is 1.03 bits per heavy atom. The molecule has 198 valence electrons. The van der Waals surface area contributed by atoms with Crippen LogP contribution in [0.3, 0.4) is 0 Å². The number of methoxy groups -OCH3 is 1. The van der Waals surface area contributed by atoms with Gasteiger partial charge in [-0.1, -0.05) is 35.9 Å². The SMILES string of the molecule is CCOc1cc(/C(O)=C2/C(=O)C(=O)N(Cc3cccc(OC)c3)C2c2cccc(OC(C)C)c2)ccc1Cl. The largest absolute Gasteiger partial charge is 0.507 e. The van der Waals surface area contributed by atoms with Crippen molar-refractivity contribution in [1.82, 2.24) is 4.90 Å². The maximum absolute atomic E-state index is 13.4. The molecule has 0 spiro atoms. The number of halogens is 1. The zero-order valence-electron chi connectivity index (χ0n) is 21.7. The van der Waals surface area contributed by atoms with Crippen LogP contribution in [0.1, 0.15) is 43.5 Å². The number of hydrogen-bond donors (Lipinski definition) is 1. The van der Waals surface area contributed by atoms with Crippen LogP contribution in [0, 0.1) is 0 Å². The van der Waals surface area contributed by atoms with Crippen molar-refractivity contribution < 1.29 is 28.9 Å². The molecule has 8 heteroatoms. The van der Waals surface area contributed by atoms with Gasteiger partial charge in [0.05, 0.1) is 36.5 Å². The fraction of sp³-hybridized carbons (Fsp3) is 0.267. The first-order valence-corrected chi connectivity index (χ1v) is 12.7. The van der Waals surface area contributed by atoms with Crippen molar-refractivity contribution in [3.05, 3.63) is 94.0 Å². The second-order valence-corrected chi connectivity index (χ2v) is 9.50. The van der Waals surface area contributed by atoms with Crippen LogP contribution in [0.25, 0.3) is 5.76 Å². The summed E-state index contributed by atoms with van der Waals surface area (Å²) in [6.45, 7) is 6.15. The molecular weight excluding hydrogens is 506 g/mol. The predicted molar refractivity (Wildman–Crippen MR) is 146 cm³/mol. The highest BCUT2D eigenvalue weighted by Gasteiger charge is 2.46. The Labute approximate surface area is 227 Å². The van der Waals surface area contributed by atoms with E-state index < -0.39 is 17.7 Å². The minimum atomic E-state index is -0.858. The molecule has 3 aromatic rings. The van der Waals surface area contributed by atoms with Crippen molar-refractivity contribution in [3.8, 4) is 17.2 Å². The number of carbonyl (C=O) groups is 2. The number of nitrogens with zero attached hydrogens (tertiary/aromatic N) is 1. The van der Waals surface area contributed by atoms with E-state index >= 15 is 0 Å². The third-order valence-corrected chi connectivity index (χ3v) is 6.39. The van der Waals surface area contributed by atoms with Crippen LogP contribution >= 0.6 is 11.6 Å². The van der Waals surface area contributed by atoms with Crippen LogP contribution in [0.2, 0.25) is 5.02 Å². The summed E-state index contributed by atoms with van der Waals surface area (Å²) in [5.41, 5.74) is 1.70. The van der Waals surface area contributed by atoms with Crippen LogP contribution in [-0.2, 0) is 16.1 Å². The van der Waals surface area contributed by atoms with Crippen LogP contribution in [-0.4, -0.2) is 41.5 Å². The molecular formula is C30H30ClNO6. The first kappa shape index (κ1) is 27.1. The highest BCUT2D eigenvalue weighted by Crippen LogP contribution is 2.42. The lowest BCUT2D eigenvalue weighted by atomic mass is 9.95. The van der Waals surface area contributed by atoms with Gasteiger partial charge < -0.3 is 24.2 Å². The molecule has 1 saturated heterocycles. The third kappa shape index (κ3) is 5.63. The Balaban J connectivity index is 1.87. The Hall–Kier alpha value is -3.97. The molecule has 1 amide bonds. The Morgan fingerprint density at radius 3 is 2.47 bits per heavy atom. The minimum Gasteiger partial charge on any atom is -0.507 e. The molecule has 0 bridgehead atoms. The van der Waals surface area contributed by atoms with Gasteiger partial charge in [-0.3, -0.25) is 9.59 Å². The lowest BCUT2D eigenvalue weighted by molar-refractivity contribution is -0.140. The van der Waals surface area contributed by atoms with Gasteiger partial charge in [0.25, 0.3) is 11.7 Å². The number of benzene rings is 3. The van der Waals surface area contributed by atoms with E-state index in [-0.39, 0.29) is 24.0 Å². The number of aliphatic hydroxyl groups is 1. The number of Topliss-reactive ketones (excluding diaryl/α,β-unsaturated/α-hetero) is 1. The highest BCUT2D eigenvalue weighted by molar-refractivity contribution is 6.46. The molecule has 4 rings (SSSR count). The van der Waals surface area contributed by atoms with Crippen molar-refractivity contribution in [3.63, 3.8) is 0 Å². The van der Waals surface area contributed by atoms with E-state index in [2.05, 4.69) is 0 Å². The van der Waals surface area contributed by atoms with Crippen LogP contribution < -0.4 is 14.2 Å². The van der Waals surface area contributed by atoms with E-state index in [0.717, 1.165) is 5.56 Å². The van der Waals surface area contributed by atoms with Crippen LogP contribution in [0.5, 0.6) is 17.2 Å². The lowest BCUT2D eigenvalue weighted by Crippen LogP contribution is -2.29. The number of aliphatic hydroxyl groups excluding tert-OH is 1. The Kier molecular flexibility index (Phi) is 8.27. The van der Waals surface area contributed by atoms with Crippen molar-refractivity contribution in [2.45, 2.75) is 39.5 Å². The van der Waals surface area contributed by atoms with Crippen molar-refractivity contribution >= 4 is 29.1 Å². The van der Waals surface area contributed by atoms with Crippen molar-refractivity contribution in [2.75, 3.05) is 13.7 Å². The Morgan fingerprint density at radius 2 is 1.76 bits per heavy atom. The molecule has 3 aromatic carbocycles. The number of likely N-dealkylation sites (tertiary alicyclic amines) is 1. The van der Waals surface area contributed by atoms with Gasteiger partial charge in [0.15, 0.2) is 0 Å². The number of hydrogen-bond acceptors (Lipinski definition) is 6. The summed E-state index contributed by atoms with van der Waals surface area (Å²) in [6.07, 6.45) is -0.0700. The zero-order valence-corrected chi connectivity index (χ0v) is 22.5. The lowest BCUT2D eigenvalue weighted by Gasteiger charge is -2.26. The zero-order chi connectivity index (χ0) is 27.4. The summed E-state index contributed by atoms with van der Waals surface area (Å²) in [7, 11) is 1.56. The first-order chi connectivity index (χ1) is 18.2. The molecule has 1 aliphatic rings. The standard InChI is InChI=1S/C30H30ClNO6/c1-5-37-25-16-21(12-13-24(25)31)28(33)26-27(20-9-7-11-23(15-20)38-18(2)3)32(30(35)29(26)34)17-19-8-6-10-22(14-19)36-4/h6-16,18,27,33H,5,17H2,1-4H3/b28-26-. The summed E-state index contributed by atoms with van der Waals surface area (Å²) in [6, 6.07) is 18.4. The van der Waals surface area contributed by atoms with Gasteiger partial charge in [-0.25, -0.2) is 0 Å². The third-order valence-electron chi connectivity index (χ3n) is 6.08. The fourth-order valence-electron chi connectivity index (χ4n) is 4.46. The fourth-order valence-corrected chi connectivity index (χ4v) is 4.63. The maximum atomic E-state index is 13.4. The van der Waals surface area contributed by atoms with Gasteiger partial charge in [-0.2, -0.15) is 0 Å². The summed E-state index contributed by atoms with van der Waals surface area (Å²) in [5.74, 6) is -0.212. The van der Waals surface area contributed by atoms with Crippen molar-refractivity contribution in [1.29, 1.82) is 0 Å². The monoisotopic (exact) mass is 535 g/mol. The summed E-state index contributed by atoms with van der Waals surface area (Å²) >= 11 is 6.24. The molecule has 1 aliphatic heterocycles. The minimum absolute atomic E-state index is 0.0237. The average molecular weight is 536 g/mol. The molecule has 1 fully saturated rings. The molecule has 1 unspecified atom stereocenters. The van der Waals surface area contributed by atoms with E-state index in [4.69, 9.17) is 25.8 Å². The predicted octanol–water partition coefficient (Wildman–Crippen LogP) is 6.16. The van der Waals surface area contributed by atoms with E-state index in [0.29, 0.717) is 40.0 Å². The van der Waals surface area contributed by atoms with Gasteiger partial charge in [0.2, 0.25) is 0 Å². The molecule has 1 heterocycles. The normalized spacial score (nSPS) is 16.7. The van der Waals surface area contributed by atoms with Gasteiger partial charge >= 0.3 is 0 Å². The molecule has 38 heavy (non-hydrogen) atoms. The van der Waals surface area contributed by atoms with Gasteiger partial charge in [0, 0.05) is 12.1 Å². The van der Waals surface area contributed by atoms with Gasteiger partial charge in [-0.15, -0.1) is 0 Å². The van der Waals surface area contributed by atoms with E-state index in [1.807, 2.05) is 51.1 Å². The molecule has 0 aromatic heterocycles. The summed E-state index contributed by atoms with van der Waals surface area (Å²) in [4.78, 5) is 28.3. The molecule has 0 radical (unpaired) electrons. The topological polar surface area (TPSA) is 85.3 Å². The van der Waals surface area contributed by atoms with E-state index in [9.17, 15) is 14.7 Å². The summed E-state index contributed by atoms with van der Waals surface area (Å²) < 4.78 is 16.8. The molecule has 1 N–H and O–H groups in total. The van der Waals surface area contributed by atoms with Gasteiger partial charge in [0.1, 0.15) is 23.0 Å². The van der Waals surface area contributed by atoms with Crippen LogP contribution in [0.15, 0.2) is 72.3 Å². The molecule has 7 nitrogen and oxygen atoms in total. The molecule has 1 atom stereocenters. The number of rotatable bonds is 9. The second-order valence-electron chi connectivity index (χ2n) is 9.10. The smallest absolute Gasteiger partial charge is 0.295 e. The maximum Gasteiger partial charge on any atom is 0.295 e. The van der Waals surface area contributed by atoms with Gasteiger partial charge in [-0.05, 0) is 74.4 Å². The number of ether oxygens (including phenoxy) is 3. The summed E-state index contributed by atoms with van der Waals surface area (Å²) in [5, 5.41) is 11.8. The number of ketones is 1. The quantitative estimate of drug-likeness (QED) is 0.201. The highest BCUT2D eigenvalue weighted by atomic mass is 35.5. The van der Waals surface area contributed by atoms with Crippen LogP contribution in [0.4, 0.5) is 0 Å². The first-order valence-electron chi connectivity index (χ1n) is 12.3. The van der Waals surface area contributed by atoms with Crippen molar-refractivity contribution in [2.24, 2.45) is 0 Å². The number of carbonyl (C=O) groups excluding carboxylic acids is 2. The Bertz CT molecular complexity index is 1380. The number of amides is 1. The van der Waals surface area contributed by atoms with E-state index in [1.165, 1.54) is 4.90 Å².